The second-order valence-corrected chi connectivity index (χ2v) is 8.22. The van der Waals surface area contributed by atoms with Crippen molar-refractivity contribution < 1.29 is 14.4 Å². The van der Waals surface area contributed by atoms with E-state index in [9.17, 15) is 14.4 Å². The molecule has 1 aliphatic heterocycles. The van der Waals surface area contributed by atoms with Gasteiger partial charge in [0.05, 0.1) is 16.8 Å². The number of amides is 3. The summed E-state index contributed by atoms with van der Waals surface area (Å²) < 4.78 is 0. The fourth-order valence-corrected chi connectivity index (χ4v) is 4.12. The molecule has 3 aromatic carbocycles. The van der Waals surface area contributed by atoms with Crippen molar-refractivity contribution in [3.63, 3.8) is 0 Å². The quantitative estimate of drug-likeness (QED) is 0.595. The number of carbonyl (C=O) groups is 3. The number of hydrogen-bond donors (Lipinski definition) is 1. The van der Waals surface area contributed by atoms with Gasteiger partial charge in [-0.05, 0) is 81.1 Å². The van der Waals surface area contributed by atoms with Gasteiger partial charge in [0, 0.05) is 11.3 Å². The molecule has 156 valence electrons. The van der Waals surface area contributed by atoms with Crippen LogP contribution < -0.4 is 10.2 Å². The molecule has 0 saturated carbocycles. The molecular weight excluding hydrogens is 388 g/mol. The third-order valence-electron chi connectivity index (χ3n) is 5.67. The number of carbonyl (C=O) groups excluding carboxylic acids is 3. The van der Waals surface area contributed by atoms with E-state index in [1.54, 1.807) is 12.1 Å². The van der Waals surface area contributed by atoms with Gasteiger partial charge in [-0.15, -0.1) is 0 Å². The van der Waals surface area contributed by atoms with E-state index < -0.39 is 5.91 Å². The third-order valence-corrected chi connectivity index (χ3v) is 5.67. The topological polar surface area (TPSA) is 66.5 Å². The largest absolute Gasteiger partial charge is 0.322 e. The van der Waals surface area contributed by atoms with Gasteiger partial charge >= 0.3 is 0 Å². The van der Waals surface area contributed by atoms with Crippen molar-refractivity contribution in [2.24, 2.45) is 0 Å². The highest BCUT2D eigenvalue weighted by atomic mass is 16.2. The Bertz CT molecular complexity index is 1250. The summed E-state index contributed by atoms with van der Waals surface area (Å²) in [5, 5.41) is 2.95. The fraction of sp³-hybridized carbons (Fsp3) is 0.192. The van der Waals surface area contributed by atoms with Crippen LogP contribution >= 0.6 is 0 Å². The van der Waals surface area contributed by atoms with E-state index in [1.165, 1.54) is 11.0 Å². The first-order chi connectivity index (χ1) is 14.7. The van der Waals surface area contributed by atoms with Crippen molar-refractivity contribution in [1.29, 1.82) is 0 Å². The van der Waals surface area contributed by atoms with Gasteiger partial charge in [0.25, 0.3) is 17.7 Å². The maximum absolute atomic E-state index is 13.1. The van der Waals surface area contributed by atoms with Crippen molar-refractivity contribution in [3.8, 4) is 0 Å². The number of aryl methyl sites for hydroxylation is 5. The first kappa shape index (κ1) is 20.5. The third kappa shape index (κ3) is 3.52. The van der Waals surface area contributed by atoms with Gasteiger partial charge in [0.1, 0.15) is 0 Å². The molecule has 1 heterocycles. The Balaban J connectivity index is 1.67. The van der Waals surface area contributed by atoms with Crippen LogP contribution in [0.25, 0.3) is 0 Å². The predicted octanol–water partition coefficient (Wildman–Crippen LogP) is 5.28. The molecule has 0 atom stereocenters. The minimum Gasteiger partial charge on any atom is -0.322 e. The van der Waals surface area contributed by atoms with Crippen molar-refractivity contribution in [2.45, 2.75) is 34.6 Å². The van der Waals surface area contributed by atoms with Gasteiger partial charge in [0.2, 0.25) is 0 Å². The molecule has 5 nitrogen and oxygen atoms in total. The first-order valence-electron chi connectivity index (χ1n) is 10.2. The highest BCUT2D eigenvalue weighted by Gasteiger charge is 2.37. The monoisotopic (exact) mass is 412 g/mol. The van der Waals surface area contributed by atoms with Crippen LogP contribution in [0.5, 0.6) is 0 Å². The van der Waals surface area contributed by atoms with Crippen LogP contribution in [0.3, 0.4) is 0 Å². The maximum atomic E-state index is 13.1. The zero-order valence-electron chi connectivity index (χ0n) is 18.3. The number of hydrogen-bond acceptors (Lipinski definition) is 3. The smallest absolute Gasteiger partial charge is 0.266 e. The zero-order chi connectivity index (χ0) is 22.4. The van der Waals surface area contributed by atoms with Gasteiger partial charge in [-0.2, -0.15) is 0 Å². The molecule has 3 aromatic rings. The number of fused-ring (bicyclic) bond motifs is 1. The summed E-state index contributed by atoms with van der Waals surface area (Å²) in [6, 6.07) is 14.3. The molecule has 0 aromatic heterocycles. The van der Waals surface area contributed by atoms with Crippen molar-refractivity contribution in [1.82, 2.24) is 0 Å². The number of nitrogens with one attached hydrogen (secondary N) is 1. The number of benzene rings is 3. The summed E-state index contributed by atoms with van der Waals surface area (Å²) in [5.41, 5.74) is 7.09. The number of rotatable bonds is 3. The Morgan fingerprint density at radius 1 is 0.710 bits per heavy atom. The molecule has 3 amide bonds. The van der Waals surface area contributed by atoms with E-state index in [4.69, 9.17) is 0 Å². The van der Waals surface area contributed by atoms with Crippen LogP contribution in [-0.4, -0.2) is 17.7 Å². The summed E-state index contributed by atoms with van der Waals surface area (Å²) in [6.07, 6.45) is 0. The second kappa shape index (κ2) is 7.51. The lowest BCUT2D eigenvalue weighted by Gasteiger charge is -2.17. The number of nitrogens with zero attached hydrogens (tertiary/aromatic N) is 1. The van der Waals surface area contributed by atoms with Crippen LogP contribution in [0.1, 0.15) is 58.9 Å². The van der Waals surface area contributed by atoms with Gasteiger partial charge in [-0.25, -0.2) is 4.90 Å². The molecule has 5 heteroatoms. The van der Waals surface area contributed by atoms with Gasteiger partial charge < -0.3 is 5.32 Å². The Hall–Kier alpha value is -3.73. The van der Waals surface area contributed by atoms with Crippen molar-refractivity contribution in [3.05, 3.63) is 93.0 Å². The van der Waals surface area contributed by atoms with Gasteiger partial charge in [-0.3, -0.25) is 14.4 Å². The van der Waals surface area contributed by atoms with Crippen LogP contribution in [0.4, 0.5) is 11.4 Å². The molecule has 31 heavy (non-hydrogen) atoms. The van der Waals surface area contributed by atoms with Crippen molar-refractivity contribution >= 4 is 29.1 Å². The van der Waals surface area contributed by atoms with E-state index in [1.807, 2.05) is 65.0 Å². The van der Waals surface area contributed by atoms with Crippen molar-refractivity contribution in [2.75, 3.05) is 10.2 Å². The molecule has 4 rings (SSSR count). The molecule has 1 N–H and O–H groups in total. The highest BCUT2D eigenvalue weighted by molar-refractivity contribution is 6.35. The number of anilines is 2. The molecular formula is C26H24N2O3. The summed E-state index contributed by atoms with van der Waals surface area (Å²) in [4.78, 5) is 40.2. The average molecular weight is 412 g/mol. The summed E-state index contributed by atoms with van der Waals surface area (Å²) in [6.45, 7) is 9.68. The van der Waals surface area contributed by atoms with Gasteiger partial charge in [-0.1, -0.05) is 29.8 Å². The second-order valence-electron chi connectivity index (χ2n) is 8.22. The van der Waals surface area contributed by atoms with E-state index in [-0.39, 0.29) is 17.4 Å². The molecule has 0 bridgehead atoms. The standard InChI is InChI=1S/C26H24N2O3/c1-14-6-7-16(3)22(12-14)28-25(30)20-9-8-19(13-21(20)26(28)31)24(29)27-23-17(4)10-15(2)11-18(23)5/h6-13H,1-5H3,(H,27,29). The lowest BCUT2D eigenvalue weighted by Crippen LogP contribution is -2.30. The Labute approximate surface area is 181 Å². The molecule has 0 fully saturated rings. The Kier molecular flexibility index (Phi) is 4.97. The maximum Gasteiger partial charge on any atom is 0.266 e. The first-order valence-corrected chi connectivity index (χ1v) is 10.2. The minimum atomic E-state index is -0.411. The lowest BCUT2D eigenvalue weighted by molar-refractivity contribution is 0.0925. The van der Waals surface area contributed by atoms with E-state index in [0.717, 1.165) is 33.5 Å². The predicted molar refractivity (Wildman–Crippen MR) is 122 cm³/mol. The van der Waals surface area contributed by atoms with E-state index in [2.05, 4.69) is 5.32 Å². The van der Waals surface area contributed by atoms with E-state index >= 15 is 0 Å². The van der Waals surface area contributed by atoms with Crippen LogP contribution in [0.2, 0.25) is 0 Å². The summed E-state index contributed by atoms with van der Waals surface area (Å²) in [7, 11) is 0. The van der Waals surface area contributed by atoms with Crippen LogP contribution in [0.15, 0.2) is 48.5 Å². The highest BCUT2D eigenvalue weighted by Crippen LogP contribution is 2.32. The van der Waals surface area contributed by atoms with Crippen LogP contribution in [0, 0.1) is 34.6 Å². The average Bonchev–Trinajstić information content (AvgIpc) is 2.96. The number of imide groups is 1. The SMILES string of the molecule is Cc1cc(C)c(NC(=O)c2ccc3c(c2)C(=O)N(c2cc(C)ccc2C)C3=O)c(C)c1. The van der Waals surface area contributed by atoms with Crippen LogP contribution in [-0.2, 0) is 0 Å². The molecule has 0 unspecified atom stereocenters. The van der Waals surface area contributed by atoms with Gasteiger partial charge in [0.15, 0.2) is 0 Å². The molecule has 0 aliphatic carbocycles. The molecule has 1 aliphatic rings. The molecule has 0 radical (unpaired) electrons. The normalized spacial score (nSPS) is 12.9. The fourth-order valence-electron chi connectivity index (χ4n) is 4.12. The lowest BCUT2D eigenvalue weighted by atomic mass is 10.0. The summed E-state index contributed by atoms with van der Waals surface area (Å²) >= 11 is 0. The summed E-state index contributed by atoms with van der Waals surface area (Å²) in [5.74, 6) is -1.10. The minimum absolute atomic E-state index is 0.246. The molecule has 0 spiro atoms. The zero-order valence-corrected chi connectivity index (χ0v) is 18.3. The Morgan fingerprint density at radius 3 is 2.03 bits per heavy atom. The molecule has 0 saturated heterocycles. The van der Waals surface area contributed by atoms with E-state index in [0.29, 0.717) is 16.8 Å². The Morgan fingerprint density at radius 2 is 1.35 bits per heavy atom.